The Morgan fingerprint density at radius 3 is 2.43 bits per heavy atom. The molecule has 0 amide bonds. The van der Waals surface area contributed by atoms with Gasteiger partial charge >= 0.3 is 0 Å². The zero-order valence-corrected chi connectivity index (χ0v) is 12.6. The molecule has 1 aromatic carbocycles. The van der Waals surface area contributed by atoms with Gasteiger partial charge in [0.15, 0.2) is 0 Å². The minimum atomic E-state index is 0.507. The molecule has 21 heavy (non-hydrogen) atoms. The highest BCUT2D eigenvalue weighted by Crippen LogP contribution is 2.18. The first kappa shape index (κ1) is 13.8. The summed E-state index contributed by atoms with van der Waals surface area (Å²) in [6.45, 7) is 4.77. The summed E-state index contributed by atoms with van der Waals surface area (Å²) in [6, 6.07) is 12.9. The van der Waals surface area contributed by atoms with E-state index in [9.17, 15) is 0 Å². The van der Waals surface area contributed by atoms with Crippen molar-refractivity contribution in [3.05, 3.63) is 70.7 Å². The summed E-state index contributed by atoms with van der Waals surface area (Å²) in [5, 5.41) is 0. The third kappa shape index (κ3) is 2.69. The van der Waals surface area contributed by atoms with E-state index in [1.807, 2.05) is 0 Å². The molecule has 3 aromatic rings. The van der Waals surface area contributed by atoms with Gasteiger partial charge in [0.05, 0.1) is 11.4 Å². The maximum atomic E-state index is 5.95. The third-order valence-electron chi connectivity index (χ3n) is 3.94. The highest BCUT2D eigenvalue weighted by atomic mass is 15.0. The first-order valence-electron chi connectivity index (χ1n) is 7.45. The number of imidazole rings is 1. The molecule has 0 spiro atoms. The summed E-state index contributed by atoms with van der Waals surface area (Å²) in [6.07, 6.45) is 4.01. The number of benzene rings is 1. The van der Waals surface area contributed by atoms with Crippen molar-refractivity contribution in [1.29, 1.82) is 0 Å². The molecule has 108 valence electrons. The summed E-state index contributed by atoms with van der Waals surface area (Å²) in [5.41, 5.74) is 13.0. The second-order valence-corrected chi connectivity index (χ2v) is 5.49. The van der Waals surface area contributed by atoms with Crippen molar-refractivity contribution in [2.45, 2.75) is 33.2 Å². The molecule has 0 unspecified atom stereocenters. The number of aromatic nitrogens is 2. The van der Waals surface area contributed by atoms with Crippen LogP contribution in [0, 0.1) is 6.92 Å². The topological polar surface area (TPSA) is 43.3 Å². The van der Waals surface area contributed by atoms with Crippen LogP contribution in [-0.4, -0.2) is 9.38 Å². The van der Waals surface area contributed by atoms with E-state index in [-0.39, 0.29) is 0 Å². The fourth-order valence-corrected chi connectivity index (χ4v) is 2.69. The molecular formula is C18H21N3. The number of rotatable bonds is 4. The lowest BCUT2D eigenvalue weighted by atomic mass is 10.1. The quantitative estimate of drug-likeness (QED) is 0.796. The average molecular weight is 279 g/mol. The van der Waals surface area contributed by atoms with Crippen LogP contribution in [0.5, 0.6) is 0 Å². The maximum Gasteiger partial charge on any atom is 0.137 e. The molecule has 0 radical (unpaired) electrons. The molecule has 3 rings (SSSR count). The molecule has 2 aromatic heterocycles. The SMILES string of the molecule is CCc1ccc(Cc2nc3ccc(C)cn3c2CN)cc1. The minimum Gasteiger partial charge on any atom is -0.325 e. The van der Waals surface area contributed by atoms with E-state index in [4.69, 9.17) is 10.7 Å². The second-order valence-electron chi connectivity index (χ2n) is 5.49. The van der Waals surface area contributed by atoms with Crippen LogP contribution >= 0.6 is 0 Å². The van der Waals surface area contributed by atoms with Gasteiger partial charge in [-0.1, -0.05) is 37.3 Å². The Morgan fingerprint density at radius 2 is 1.76 bits per heavy atom. The van der Waals surface area contributed by atoms with E-state index in [1.54, 1.807) is 0 Å². The number of aryl methyl sites for hydroxylation is 2. The van der Waals surface area contributed by atoms with Crippen LogP contribution in [0.2, 0.25) is 0 Å². The number of hydrogen-bond donors (Lipinski definition) is 1. The summed E-state index contributed by atoms with van der Waals surface area (Å²) in [4.78, 5) is 4.75. The van der Waals surface area contributed by atoms with Crippen LogP contribution in [0.15, 0.2) is 42.6 Å². The fraction of sp³-hybridized carbons (Fsp3) is 0.278. The largest absolute Gasteiger partial charge is 0.325 e. The standard InChI is InChI=1S/C18H21N3/c1-3-14-5-7-15(8-6-14)10-16-17(11-19)21-12-13(2)4-9-18(21)20-16/h4-9,12H,3,10-11,19H2,1-2H3. The van der Waals surface area contributed by atoms with Crippen molar-refractivity contribution in [2.24, 2.45) is 5.73 Å². The summed E-state index contributed by atoms with van der Waals surface area (Å²) in [7, 11) is 0. The molecule has 0 bridgehead atoms. The first-order valence-corrected chi connectivity index (χ1v) is 7.45. The molecule has 2 N–H and O–H groups in total. The van der Waals surface area contributed by atoms with Crippen molar-refractivity contribution >= 4 is 5.65 Å². The van der Waals surface area contributed by atoms with Crippen molar-refractivity contribution in [3.63, 3.8) is 0 Å². The van der Waals surface area contributed by atoms with Gasteiger partial charge in [0.1, 0.15) is 5.65 Å². The highest BCUT2D eigenvalue weighted by molar-refractivity contribution is 5.45. The van der Waals surface area contributed by atoms with E-state index in [1.165, 1.54) is 16.7 Å². The Labute approximate surface area is 125 Å². The molecule has 3 nitrogen and oxygen atoms in total. The van der Waals surface area contributed by atoms with Gasteiger partial charge in [0, 0.05) is 19.2 Å². The normalized spacial score (nSPS) is 11.2. The van der Waals surface area contributed by atoms with Gasteiger partial charge in [-0.05, 0) is 36.1 Å². The number of nitrogens with zero attached hydrogens (tertiary/aromatic N) is 2. The Hall–Kier alpha value is -2.13. The van der Waals surface area contributed by atoms with Gasteiger partial charge in [-0.15, -0.1) is 0 Å². The lowest BCUT2D eigenvalue weighted by Crippen LogP contribution is -2.05. The number of hydrogen-bond acceptors (Lipinski definition) is 2. The van der Waals surface area contributed by atoms with Crippen molar-refractivity contribution in [1.82, 2.24) is 9.38 Å². The molecule has 0 atom stereocenters. The third-order valence-corrected chi connectivity index (χ3v) is 3.94. The van der Waals surface area contributed by atoms with E-state index in [0.717, 1.165) is 29.9 Å². The number of pyridine rings is 1. The van der Waals surface area contributed by atoms with Crippen molar-refractivity contribution in [2.75, 3.05) is 0 Å². The lowest BCUT2D eigenvalue weighted by Gasteiger charge is -2.04. The molecule has 0 saturated heterocycles. The van der Waals surface area contributed by atoms with Gasteiger partial charge in [-0.3, -0.25) is 0 Å². The molecule has 2 heterocycles. The Bertz CT molecular complexity index is 754. The predicted octanol–water partition coefficient (Wildman–Crippen LogP) is 3.25. The van der Waals surface area contributed by atoms with Crippen LogP contribution in [-0.2, 0) is 19.4 Å². The molecular weight excluding hydrogens is 258 g/mol. The highest BCUT2D eigenvalue weighted by Gasteiger charge is 2.11. The van der Waals surface area contributed by atoms with E-state index in [0.29, 0.717) is 6.54 Å². The Balaban J connectivity index is 1.99. The average Bonchev–Trinajstić information content (AvgIpc) is 2.84. The van der Waals surface area contributed by atoms with Crippen molar-refractivity contribution in [3.8, 4) is 0 Å². The molecule has 0 aliphatic heterocycles. The summed E-state index contributed by atoms with van der Waals surface area (Å²) >= 11 is 0. The summed E-state index contributed by atoms with van der Waals surface area (Å²) in [5.74, 6) is 0. The molecule has 0 aliphatic rings. The Morgan fingerprint density at radius 1 is 1.05 bits per heavy atom. The van der Waals surface area contributed by atoms with Crippen LogP contribution in [0.3, 0.4) is 0 Å². The van der Waals surface area contributed by atoms with Crippen molar-refractivity contribution < 1.29 is 0 Å². The number of fused-ring (bicyclic) bond motifs is 1. The van der Waals surface area contributed by atoms with Gasteiger partial charge in [0.25, 0.3) is 0 Å². The van der Waals surface area contributed by atoms with Crippen LogP contribution < -0.4 is 5.73 Å². The monoisotopic (exact) mass is 279 g/mol. The fourth-order valence-electron chi connectivity index (χ4n) is 2.69. The Kier molecular flexibility index (Phi) is 3.76. The number of nitrogens with two attached hydrogens (primary N) is 1. The smallest absolute Gasteiger partial charge is 0.137 e. The molecule has 0 fully saturated rings. The van der Waals surface area contributed by atoms with Gasteiger partial charge in [-0.25, -0.2) is 4.98 Å². The van der Waals surface area contributed by atoms with E-state index < -0.39 is 0 Å². The molecule has 0 aliphatic carbocycles. The van der Waals surface area contributed by atoms with Crippen LogP contribution in [0.25, 0.3) is 5.65 Å². The lowest BCUT2D eigenvalue weighted by molar-refractivity contribution is 0.922. The van der Waals surface area contributed by atoms with Gasteiger partial charge in [-0.2, -0.15) is 0 Å². The summed E-state index contributed by atoms with van der Waals surface area (Å²) < 4.78 is 2.12. The minimum absolute atomic E-state index is 0.507. The van der Waals surface area contributed by atoms with Crippen LogP contribution in [0.1, 0.15) is 35.0 Å². The van der Waals surface area contributed by atoms with Gasteiger partial charge < -0.3 is 10.1 Å². The van der Waals surface area contributed by atoms with E-state index in [2.05, 4.69) is 60.8 Å². The first-order chi connectivity index (χ1) is 10.2. The maximum absolute atomic E-state index is 5.95. The van der Waals surface area contributed by atoms with E-state index >= 15 is 0 Å². The molecule has 0 saturated carbocycles. The zero-order chi connectivity index (χ0) is 14.8. The zero-order valence-electron chi connectivity index (χ0n) is 12.6. The van der Waals surface area contributed by atoms with Gasteiger partial charge in [0.2, 0.25) is 0 Å². The molecule has 3 heteroatoms. The van der Waals surface area contributed by atoms with Crippen LogP contribution in [0.4, 0.5) is 0 Å². The second kappa shape index (κ2) is 5.70. The predicted molar refractivity (Wildman–Crippen MR) is 86.4 cm³/mol.